The zero-order chi connectivity index (χ0) is 19.9. The monoisotopic (exact) mass is 391 g/mol. The van der Waals surface area contributed by atoms with E-state index in [9.17, 15) is 14.0 Å². The largest absolute Gasteiger partial charge is 0.355 e. The molecule has 154 valence electrons. The number of benzene rings is 1. The highest BCUT2D eigenvalue weighted by atomic mass is 19.1. The van der Waals surface area contributed by atoms with Gasteiger partial charge in [0.1, 0.15) is 5.82 Å². The molecule has 3 amide bonds. The van der Waals surface area contributed by atoms with Crippen molar-refractivity contribution in [3.8, 4) is 0 Å². The molecule has 1 aromatic rings. The zero-order valence-corrected chi connectivity index (χ0v) is 16.5. The van der Waals surface area contributed by atoms with Gasteiger partial charge in [0.15, 0.2) is 0 Å². The number of piperidine rings is 1. The predicted octanol–water partition coefficient (Wildman–Crippen LogP) is 1.43. The molecule has 0 aliphatic carbocycles. The van der Waals surface area contributed by atoms with Gasteiger partial charge >= 0.3 is 6.03 Å². The van der Waals surface area contributed by atoms with Crippen molar-refractivity contribution >= 4 is 17.6 Å². The highest BCUT2D eigenvalue weighted by molar-refractivity contribution is 5.90. The van der Waals surface area contributed by atoms with Crippen molar-refractivity contribution in [1.29, 1.82) is 0 Å². The van der Waals surface area contributed by atoms with Gasteiger partial charge in [-0.2, -0.15) is 0 Å². The predicted molar refractivity (Wildman–Crippen MR) is 107 cm³/mol. The lowest BCUT2D eigenvalue weighted by Gasteiger charge is -2.33. The van der Waals surface area contributed by atoms with Crippen molar-refractivity contribution in [2.75, 3.05) is 64.7 Å². The minimum atomic E-state index is -0.467. The molecule has 2 aliphatic heterocycles. The maximum Gasteiger partial charge on any atom is 0.321 e. The average molecular weight is 391 g/mol. The summed E-state index contributed by atoms with van der Waals surface area (Å²) in [6.07, 6.45) is 1.53. The molecule has 2 N–H and O–H groups in total. The van der Waals surface area contributed by atoms with Gasteiger partial charge in [0.2, 0.25) is 5.91 Å². The molecule has 0 radical (unpaired) electrons. The highest BCUT2D eigenvalue weighted by Crippen LogP contribution is 2.19. The van der Waals surface area contributed by atoms with Crippen LogP contribution >= 0.6 is 0 Å². The number of hydrogen-bond acceptors (Lipinski definition) is 4. The lowest BCUT2D eigenvalue weighted by Crippen LogP contribution is -2.49. The van der Waals surface area contributed by atoms with Crippen LogP contribution in [0.2, 0.25) is 0 Å². The lowest BCUT2D eigenvalue weighted by atomic mass is 9.97. The summed E-state index contributed by atoms with van der Waals surface area (Å²) in [4.78, 5) is 31.2. The quantitative estimate of drug-likeness (QED) is 0.797. The Hall–Kier alpha value is -2.19. The van der Waals surface area contributed by atoms with Crippen LogP contribution in [-0.2, 0) is 4.79 Å². The second-order valence-electron chi connectivity index (χ2n) is 7.63. The van der Waals surface area contributed by atoms with Crippen LogP contribution in [0.1, 0.15) is 12.8 Å². The Morgan fingerprint density at radius 3 is 2.64 bits per heavy atom. The van der Waals surface area contributed by atoms with Crippen LogP contribution in [0.25, 0.3) is 0 Å². The Bertz CT molecular complexity index is 678. The van der Waals surface area contributed by atoms with Crippen LogP contribution < -0.4 is 10.6 Å². The van der Waals surface area contributed by atoms with Gasteiger partial charge in [-0.1, -0.05) is 12.1 Å². The summed E-state index contributed by atoms with van der Waals surface area (Å²) in [5.41, 5.74) is 0.159. The van der Waals surface area contributed by atoms with Crippen LogP contribution in [0.15, 0.2) is 24.3 Å². The smallest absolute Gasteiger partial charge is 0.321 e. The van der Waals surface area contributed by atoms with E-state index in [1.54, 1.807) is 17.0 Å². The first kappa shape index (κ1) is 20.5. The Labute approximate surface area is 165 Å². The lowest BCUT2D eigenvalue weighted by molar-refractivity contribution is -0.126. The molecule has 2 fully saturated rings. The maximum absolute atomic E-state index is 13.7. The number of carbonyl (C=O) groups is 2. The topological polar surface area (TPSA) is 67.9 Å². The first-order chi connectivity index (χ1) is 13.5. The molecule has 0 spiro atoms. The molecule has 8 heteroatoms. The van der Waals surface area contributed by atoms with E-state index in [1.807, 2.05) is 0 Å². The fourth-order valence-electron chi connectivity index (χ4n) is 3.69. The fraction of sp³-hybridized carbons (Fsp3) is 0.600. The third-order valence-electron chi connectivity index (χ3n) is 5.52. The molecule has 7 nitrogen and oxygen atoms in total. The summed E-state index contributed by atoms with van der Waals surface area (Å²) in [6, 6.07) is 5.72. The van der Waals surface area contributed by atoms with Crippen LogP contribution in [0.4, 0.5) is 14.9 Å². The van der Waals surface area contributed by atoms with Crippen LogP contribution in [-0.4, -0.2) is 86.0 Å². The zero-order valence-electron chi connectivity index (χ0n) is 16.5. The normalized spacial score (nSPS) is 21.4. The number of piperazine rings is 1. The molecule has 28 heavy (non-hydrogen) atoms. The molecule has 0 saturated carbocycles. The van der Waals surface area contributed by atoms with E-state index in [2.05, 4.69) is 27.5 Å². The molecular weight excluding hydrogens is 361 g/mol. The minimum Gasteiger partial charge on any atom is -0.355 e. The maximum atomic E-state index is 13.7. The van der Waals surface area contributed by atoms with Crippen molar-refractivity contribution < 1.29 is 14.0 Å². The van der Waals surface area contributed by atoms with E-state index in [1.165, 1.54) is 12.1 Å². The summed E-state index contributed by atoms with van der Waals surface area (Å²) in [5, 5.41) is 5.62. The fourth-order valence-corrected chi connectivity index (χ4v) is 3.69. The number of carbonyl (C=O) groups excluding carboxylic acids is 2. The molecule has 2 aliphatic rings. The number of hydrogen-bond donors (Lipinski definition) is 2. The molecule has 2 saturated heterocycles. The van der Waals surface area contributed by atoms with Gasteiger partial charge in [-0.05, 0) is 32.0 Å². The molecule has 3 rings (SSSR count). The molecule has 1 unspecified atom stereocenters. The molecule has 0 bridgehead atoms. The number of amides is 3. The second-order valence-corrected chi connectivity index (χ2v) is 7.63. The summed E-state index contributed by atoms with van der Waals surface area (Å²) in [6.45, 7) is 6.58. The van der Waals surface area contributed by atoms with Crippen molar-refractivity contribution in [3.05, 3.63) is 30.1 Å². The van der Waals surface area contributed by atoms with Crippen molar-refractivity contribution in [1.82, 2.24) is 20.0 Å². The third kappa shape index (κ3) is 5.65. The van der Waals surface area contributed by atoms with Gasteiger partial charge < -0.3 is 20.4 Å². The van der Waals surface area contributed by atoms with Gasteiger partial charge in [-0.15, -0.1) is 0 Å². The van der Waals surface area contributed by atoms with Gasteiger partial charge in [0.25, 0.3) is 0 Å². The van der Waals surface area contributed by atoms with Crippen molar-refractivity contribution in [2.24, 2.45) is 5.92 Å². The van der Waals surface area contributed by atoms with E-state index in [0.717, 1.165) is 45.6 Å². The number of nitrogens with zero attached hydrogens (tertiary/aromatic N) is 3. The van der Waals surface area contributed by atoms with Crippen molar-refractivity contribution in [3.63, 3.8) is 0 Å². The van der Waals surface area contributed by atoms with E-state index in [-0.39, 0.29) is 23.5 Å². The summed E-state index contributed by atoms with van der Waals surface area (Å²) in [7, 11) is 2.12. The molecular formula is C20H30FN5O2. The van der Waals surface area contributed by atoms with Crippen molar-refractivity contribution in [2.45, 2.75) is 12.8 Å². The number of halogens is 1. The molecule has 1 atom stereocenters. The number of likely N-dealkylation sites (tertiary alicyclic amines) is 1. The van der Waals surface area contributed by atoms with Gasteiger partial charge in [-0.3, -0.25) is 9.69 Å². The first-order valence-corrected chi connectivity index (χ1v) is 10.0. The number of anilines is 1. The summed E-state index contributed by atoms with van der Waals surface area (Å²) in [5.74, 6) is -0.684. The van der Waals surface area contributed by atoms with Crippen LogP contribution in [0, 0.1) is 11.7 Å². The molecule has 2 heterocycles. The molecule has 0 aromatic heterocycles. The number of urea groups is 1. The van der Waals surface area contributed by atoms with Gasteiger partial charge in [0, 0.05) is 52.4 Å². The third-order valence-corrected chi connectivity index (χ3v) is 5.52. The van der Waals surface area contributed by atoms with Crippen LogP contribution in [0.3, 0.4) is 0 Å². The second kappa shape index (κ2) is 9.84. The van der Waals surface area contributed by atoms with E-state index in [4.69, 9.17) is 0 Å². The number of likely N-dealkylation sites (N-methyl/N-ethyl adjacent to an activating group) is 1. The van der Waals surface area contributed by atoms with E-state index < -0.39 is 5.82 Å². The Kier molecular flexibility index (Phi) is 7.22. The van der Waals surface area contributed by atoms with E-state index >= 15 is 0 Å². The van der Waals surface area contributed by atoms with E-state index in [0.29, 0.717) is 19.6 Å². The molecule has 1 aromatic carbocycles. The number of rotatable bonds is 5. The minimum absolute atomic E-state index is 0.00230. The highest BCUT2D eigenvalue weighted by Gasteiger charge is 2.28. The Balaban J connectivity index is 1.42. The standard InChI is InChI=1S/C20H30FN5O2/c1-24-11-13-25(14-12-24)10-8-22-19(27)16-5-4-9-26(15-16)20(28)23-18-7-3-2-6-17(18)21/h2-3,6-7,16H,4-5,8-15H2,1H3,(H,22,27)(H,23,28). The van der Waals surface area contributed by atoms with Gasteiger partial charge in [0.05, 0.1) is 11.6 Å². The SMILES string of the molecule is CN1CCN(CCNC(=O)C2CCCN(C(=O)Nc3ccccc3F)C2)CC1. The summed E-state index contributed by atoms with van der Waals surface area (Å²) < 4.78 is 13.7. The number of para-hydroxylation sites is 1. The Morgan fingerprint density at radius 1 is 1.14 bits per heavy atom. The first-order valence-electron chi connectivity index (χ1n) is 10.0. The van der Waals surface area contributed by atoms with Crippen LogP contribution in [0.5, 0.6) is 0 Å². The Morgan fingerprint density at radius 2 is 1.89 bits per heavy atom. The summed E-state index contributed by atoms with van der Waals surface area (Å²) >= 11 is 0. The van der Waals surface area contributed by atoms with Gasteiger partial charge in [-0.25, -0.2) is 9.18 Å². The number of nitrogens with one attached hydrogen (secondary N) is 2. The average Bonchev–Trinajstić information content (AvgIpc) is 2.71.